The minimum absolute atomic E-state index is 0.0472. The van der Waals surface area contributed by atoms with Crippen molar-refractivity contribution in [3.63, 3.8) is 0 Å². The molecule has 2 aromatic carbocycles. The number of carbonyl (C=O) groups is 1. The number of amides is 1. The summed E-state index contributed by atoms with van der Waals surface area (Å²) in [6.07, 6.45) is 1.34. The third-order valence-corrected chi connectivity index (χ3v) is 5.89. The number of thioether (sulfide) groups is 1. The number of hydrogen-bond donors (Lipinski definition) is 0. The lowest BCUT2D eigenvalue weighted by Gasteiger charge is -2.15. The minimum Gasteiger partial charge on any atom is -0.871 e. The van der Waals surface area contributed by atoms with Crippen molar-refractivity contribution in [2.75, 3.05) is 7.11 Å². The molecule has 2 aromatic rings. The predicted octanol–water partition coefficient (Wildman–Crippen LogP) is 3.84. The maximum absolute atomic E-state index is 12.7. The fourth-order valence-corrected chi connectivity index (χ4v) is 4.21. The van der Waals surface area contributed by atoms with Gasteiger partial charge in [-0.05, 0) is 29.3 Å². The second-order valence-electron chi connectivity index (χ2n) is 5.72. The lowest BCUT2D eigenvalue weighted by atomic mass is 10.1. The summed E-state index contributed by atoms with van der Waals surface area (Å²) in [5.74, 6) is -0.0906. The zero-order chi connectivity index (χ0) is 20.4. The van der Waals surface area contributed by atoms with Crippen LogP contribution in [0.2, 0.25) is 0 Å². The van der Waals surface area contributed by atoms with Crippen LogP contribution < -0.4 is 9.84 Å². The van der Waals surface area contributed by atoms with Crippen molar-refractivity contribution in [2.24, 2.45) is 0 Å². The van der Waals surface area contributed by atoms with Gasteiger partial charge in [0, 0.05) is 16.6 Å². The first-order chi connectivity index (χ1) is 13.3. The molecular formula is C18H12BrN2O5S2-. The average Bonchev–Trinajstić information content (AvgIpc) is 2.93. The van der Waals surface area contributed by atoms with Crippen LogP contribution in [0.1, 0.15) is 11.1 Å². The van der Waals surface area contributed by atoms with Gasteiger partial charge in [0.15, 0.2) is 0 Å². The van der Waals surface area contributed by atoms with Gasteiger partial charge in [0.05, 0.1) is 23.5 Å². The molecule has 1 fully saturated rings. The third kappa shape index (κ3) is 4.18. The fourth-order valence-electron chi connectivity index (χ4n) is 2.50. The summed E-state index contributed by atoms with van der Waals surface area (Å²) in [4.78, 5) is 24.8. The van der Waals surface area contributed by atoms with E-state index >= 15 is 0 Å². The van der Waals surface area contributed by atoms with Crippen molar-refractivity contribution in [3.8, 4) is 11.5 Å². The normalized spacial score (nSPS) is 15.4. The van der Waals surface area contributed by atoms with Crippen LogP contribution in [-0.4, -0.2) is 27.2 Å². The van der Waals surface area contributed by atoms with Gasteiger partial charge >= 0.3 is 0 Å². The van der Waals surface area contributed by atoms with Gasteiger partial charge in [-0.1, -0.05) is 57.8 Å². The molecule has 0 atom stereocenters. The highest BCUT2D eigenvalue weighted by atomic mass is 79.9. The first kappa shape index (κ1) is 20.3. The van der Waals surface area contributed by atoms with Crippen molar-refractivity contribution in [1.82, 2.24) is 4.90 Å². The molecule has 28 heavy (non-hydrogen) atoms. The molecule has 10 heteroatoms. The third-order valence-electron chi connectivity index (χ3n) is 3.93. The molecule has 0 radical (unpaired) electrons. The largest absolute Gasteiger partial charge is 0.871 e. The van der Waals surface area contributed by atoms with E-state index in [4.69, 9.17) is 17.0 Å². The maximum Gasteiger partial charge on any atom is 0.271 e. The number of methoxy groups -OCH3 is 1. The van der Waals surface area contributed by atoms with Crippen molar-refractivity contribution >= 4 is 61.9 Å². The van der Waals surface area contributed by atoms with Crippen LogP contribution >= 0.6 is 39.9 Å². The van der Waals surface area contributed by atoms with E-state index in [9.17, 15) is 20.0 Å². The van der Waals surface area contributed by atoms with E-state index in [0.717, 1.165) is 29.5 Å². The Labute approximate surface area is 178 Å². The number of non-ortho nitro benzene ring substituents is 1. The van der Waals surface area contributed by atoms with Crippen LogP contribution in [0.5, 0.6) is 11.5 Å². The number of nitro groups is 1. The molecule has 7 nitrogen and oxygen atoms in total. The first-order valence-electron chi connectivity index (χ1n) is 7.83. The first-order valence-corrected chi connectivity index (χ1v) is 9.85. The lowest BCUT2D eigenvalue weighted by Crippen LogP contribution is -2.27. The molecule has 1 aliphatic rings. The van der Waals surface area contributed by atoms with Crippen LogP contribution in [0.15, 0.2) is 45.8 Å². The summed E-state index contributed by atoms with van der Waals surface area (Å²) in [7, 11) is 1.57. The molecule has 1 heterocycles. The Balaban J connectivity index is 1.87. The zero-order valence-electron chi connectivity index (χ0n) is 14.4. The highest BCUT2D eigenvalue weighted by Crippen LogP contribution is 2.37. The van der Waals surface area contributed by atoms with Crippen LogP contribution in [0.4, 0.5) is 5.69 Å². The van der Waals surface area contributed by atoms with Gasteiger partial charge in [-0.2, -0.15) is 0 Å². The van der Waals surface area contributed by atoms with Gasteiger partial charge in [-0.15, -0.1) is 0 Å². The van der Waals surface area contributed by atoms with Crippen LogP contribution in [-0.2, 0) is 11.3 Å². The monoisotopic (exact) mass is 479 g/mol. The smallest absolute Gasteiger partial charge is 0.271 e. The molecule has 144 valence electrons. The summed E-state index contributed by atoms with van der Waals surface area (Å²) in [6.45, 7) is 0.273. The zero-order valence-corrected chi connectivity index (χ0v) is 17.6. The number of nitrogens with zero attached hydrogens (tertiary/aromatic N) is 2. The summed E-state index contributed by atoms with van der Waals surface area (Å²) < 4.78 is 5.52. The van der Waals surface area contributed by atoms with E-state index in [1.807, 2.05) is 12.1 Å². The highest BCUT2D eigenvalue weighted by Gasteiger charge is 2.32. The van der Waals surface area contributed by atoms with Gasteiger partial charge in [0.2, 0.25) is 0 Å². The SMILES string of the molecule is COc1ccc(CN2C(=O)/C(=C\c3cc([N+](=O)[O-])cc(Br)c3[O-])SC2=S)cc1. The summed E-state index contributed by atoms with van der Waals surface area (Å²) in [5, 5.41) is 23.3. The number of thiocarbonyl (C=S) groups is 1. The van der Waals surface area contributed by atoms with Gasteiger partial charge < -0.3 is 9.84 Å². The van der Waals surface area contributed by atoms with E-state index in [-0.39, 0.29) is 33.1 Å². The van der Waals surface area contributed by atoms with Gasteiger partial charge in [0.25, 0.3) is 11.6 Å². The molecule has 0 unspecified atom stereocenters. The quantitative estimate of drug-likeness (QED) is 0.278. The van der Waals surface area contributed by atoms with Gasteiger partial charge in [-0.3, -0.25) is 19.8 Å². The Hall–Kier alpha value is -2.43. The molecule has 1 aliphatic heterocycles. The Morgan fingerprint density at radius 1 is 1.32 bits per heavy atom. The fraction of sp³-hybridized carbons (Fsp3) is 0.111. The number of benzene rings is 2. The Morgan fingerprint density at radius 3 is 2.61 bits per heavy atom. The number of carbonyl (C=O) groups excluding carboxylic acids is 1. The molecule has 1 saturated heterocycles. The number of ether oxygens (including phenoxy) is 1. The Kier molecular flexibility index (Phi) is 6.01. The lowest BCUT2D eigenvalue weighted by molar-refractivity contribution is -0.385. The van der Waals surface area contributed by atoms with E-state index in [1.165, 1.54) is 11.0 Å². The summed E-state index contributed by atoms with van der Waals surface area (Å²) >= 11 is 9.37. The minimum atomic E-state index is -0.601. The second-order valence-corrected chi connectivity index (χ2v) is 8.25. The van der Waals surface area contributed by atoms with E-state index in [1.54, 1.807) is 19.2 Å². The predicted molar refractivity (Wildman–Crippen MR) is 112 cm³/mol. The summed E-state index contributed by atoms with van der Waals surface area (Å²) in [5.41, 5.74) is 0.665. The molecular weight excluding hydrogens is 468 g/mol. The molecule has 0 aromatic heterocycles. The van der Waals surface area contributed by atoms with Crippen LogP contribution in [0.25, 0.3) is 6.08 Å². The van der Waals surface area contributed by atoms with Crippen molar-refractivity contribution < 1.29 is 19.6 Å². The van der Waals surface area contributed by atoms with Gasteiger partial charge in [0.1, 0.15) is 10.1 Å². The topological polar surface area (TPSA) is 95.7 Å². The number of hydrogen-bond acceptors (Lipinski definition) is 7. The maximum atomic E-state index is 12.7. The van der Waals surface area contributed by atoms with Crippen LogP contribution in [0.3, 0.4) is 0 Å². The van der Waals surface area contributed by atoms with Gasteiger partial charge in [-0.25, -0.2) is 0 Å². The molecule has 0 spiro atoms. The second kappa shape index (κ2) is 8.29. The standard InChI is InChI=1S/C18H13BrN2O5S2/c1-26-13-4-2-10(3-5-13)9-20-17(23)15(28-18(20)27)7-11-6-12(21(24)25)8-14(19)16(11)22/h2-8,22H,9H2,1H3/p-1/b15-7+. The number of nitro benzene ring substituents is 1. The average molecular weight is 480 g/mol. The molecule has 1 amide bonds. The van der Waals surface area contributed by atoms with Crippen molar-refractivity contribution in [2.45, 2.75) is 6.54 Å². The highest BCUT2D eigenvalue weighted by molar-refractivity contribution is 9.10. The van der Waals surface area contributed by atoms with E-state index < -0.39 is 10.7 Å². The molecule has 0 bridgehead atoms. The molecule has 0 saturated carbocycles. The van der Waals surface area contributed by atoms with E-state index in [0.29, 0.717) is 10.1 Å². The number of halogens is 1. The Bertz CT molecular complexity index is 1010. The van der Waals surface area contributed by atoms with Crippen molar-refractivity contribution in [3.05, 3.63) is 67.0 Å². The van der Waals surface area contributed by atoms with Crippen LogP contribution in [0, 0.1) is 10.1 Å². The number of rotatable bonds is 5. The molecule has 0 aliphatic carbocycles. The van der Waals surface area contributed by atoms with Crippen molar-refractivity contribution in [1.29, 1.82) is 0 Å². The Morgan fingerprint density at radius 2 is 2.00 bits per heavy atom. The molecule has 0 N–H and O–H groups in total. The van der Waals surface area contributed by atoms with E-state index in [2.05, 4.69) is 15.9 Å². The summed E-state index contributed by atoms with van der Waals surface area (Å²) in [6, 6.07) is 9.50. The molecule has 3 rings (SSSR count).